The molecule has 1 heteroatoms. The van der Waals surface area contributed by atoms with E-state index in [1.807, 2.05) is 56.3 Å². The van der Waals surface area contributed by atoms with Crippen molar-refractivity contribution in [1.29, 1.82) is 0 Å². The third-order valence-electron chi connectivity index (χ3n) is 2.24. The van der Waals surface area contributed by atoms with E-state index in [1.54, 1.807) is 0 Å². The molecule has 0 saturated carbocycles. The zero-order valence-corrected chi connectivity index (χ0v) is 9.85. The fourth-order valence-corrected chi connectivity index (χ4v) is 1.43. The molecule has 0 spiro atoms. The molecule has 0 aliphatic heterocycles. The van der Waals surface area contributed by atoms with E-state index in [4.69, 9.17) is 5.11 Å². The maximum atomic E-state index is 8.90. The van der Waals surface area contributed by atoms with Crippen molar-refractivity contribution >= 4 is 0 Å². The van der Waals surface area contributed by atoms with Crippen LogP contribution in [-0.2, 0) is 6.61 Å². The molecule has 16 heavy (non-hydrogen) atoms. The quantitative estimate of drug-likeness (QED) is 0.804. The molecule has 1 N–H and O–H groups in total. The van der Waals surface area contributed by atoms with Gasteiger partial charge in [0.1, 0.15) is 0 Å². The molecule has 2 aromatic rings. The first-order valence-corrected chi connectivity index (χ1v) is 5.65. The molecule has 1 nitrogen and oxygen atoms in total. The minimum absolute atomic E-state index is 0.106. The normalized spacial score (nSPS) is 9.19. The molecule has 0 bridgehead atoms. The van der Waals surface area contributed by atoms with Gasteiger partial charge in [0.15, 0.2) is 0 Å². The Hall–Kier alpha value is -1.60. The van der Waals surface area contributed by atoms with E-state index in [-0.39, 0.29) is 6.61 Å². The summed E-state index contributed by atoms with van der Waals surface area (Å²) in [5.41, 5.74) is 3.34. The van der Waals surface area contributed by atoms with Gasteiger partial charge in [-0.1, -0.05) is 68.4 Å². The van der Waals surface area contributed by atoms with Gasteiger partial charge in [-0.15, -0.1) is 0 Å². The predicted octanol–water partition coefficient (Wildman–Crippen LogP) is 3.87. The molecule has 0 aromatic heterocycles. The topological polar surface area (TPSA) is 20.2 Å². The van der Waals surface area contributed by atoms with Gasteiger partial charge in [-0.3, -0.25) is 0 Å². The van der Waals surface area contributed by atoms with Gasteiger partial charge in [-0.25, -0.2) is 0 Å². The second-order valence-corrected chi connectivity index (χ2v) is 3.22. The highest BCUT2D eigenvalue weighted by Gasteiger charge is 1.95. The molecular formula is C15H18O. The summed E-state index contributed by atoms with van der Waals surface area (Å²) in [7, 11) is 0. The van der Waals surface area contributed by atoms with Crippen molar-refractivity contribution in [2.24, 2.45) is 0 Å². The van der Waals surface area contributed by atoms with Crippen molar-refractivity contribution < 1.29 is 5.11 Å². The Morgan fingerprint density at radius 1 is 0.750 bits per heavy atom. The first kappa shape index (κ1) is 12.5. The van der Waals surface area contributed by atoms with E-state index in [9.17, 15) is 0 Å². The Bertz CT molecular complexity index is 390. The molecule has 84 valence electrons. The Balaban J connectivity index is 0.000000606. The molecule has 0 saturated heterocycles. The number of benzene rings is 2. The Morgan fingerprint density at radius 2 is 1.25 bits per heavy atom. The lowest BCUT2D eigenvalue weighted by atomic mass is 10.0. The van der Waals surface area contributed by atoms with Gasteiger partial charge in [0.05, 0.1) is 6.61 Å². The van der Waals surface area contributed by atoms with Crippen LogP contribution in [0.5, 0.6) is 0 Å². The number of hydrogen-bond donors (Lipinski definition) is 1. The third kappa shape index (κ3) is 3.21. The van der Waals surface area contributed by atoms with Gasteiger partial charge in [0, 0.05) is 0 Å². The molecule has 0 aliphatic carbocycles. The maximum absolute atomic E-state index is 8.90. The van der Waals surface area contributed by atoms with E-state index in [0.29, 0.717) is 0 Å². The first-order valence-electron chi connectivity index (χ1n) is 5.65. The summed E-state index contributed by atoms with van der Waals surface area (Å²) in [4.78, 5) is 0. The van der Waals surface area contributed by atoms with Crippen LogP contribution in [0.25, 0.3) is 11.1 Å². The van der Waals surface area contributed by atoms with Crippen LogP contribution in [-0.4, -0.2) is 5.11 Å². The highest BCUT2D eigenvalue weighted by Crippen LogP contribution is 2.18. The van der Waals surface area contributed by atoms with Gasteiger partial charge in [0.2, 0.25) is 0 Å². The summed E-state index contributed by atoms with van der Waals surface area (Å²) in [6.45, 7) is 4.11. The summed E-state index contributed by atoms with van der Waals surface area (Å²) < 4.78 is 0. The Morgan fingerprint density at radius 3 is 1.75 bits per heavy atom. The Kier molecular flexibility index (Phi) is 5.30. The SMILES string of the molecule is CC.OCc1ccc(-c2ccccc2)cc1. The second kappa shape index (κ2) is 6.81. The molecular weight excluding hydrogens is 196 g/mol. The minimum Gasteiger partial charge on any atom is -0.392 e. The van der Waals surface area contributed by atoms with Crippen molar-refractivity contribution in [2.45, 2.75) is 20.5 Å². The summed E-state index contributed by atoms with van der Waals surface area (Å²) in [6, 6.07) is 18.2. The summed E-state index contributed by atoms with van der Waals surface area (Å²) in [5, 5.41) is 8.90. The smallest absolute Gasteiger partial charge is 0.0681 e. The molecule has 0 amide bonds. The highest BCUT2D eigenvalue weighted by atomic mass is 16.3. The average Bonchev–Trinajstić information content (AvgIpc) is 2.42. The lowest BCUT2D eigenvalue weighted by Crippen LogP contribution is -1.82. The maximum Gasteiger partial charge on any atom is 0.0681 e. The molecule has 0 aliphatic rings. The third-order valence-corrected chi connectivity index (χ3v) is 2.24. The van der Waals surface area contributed by atoms with Gasteiger partial charge >= 0.3 is 0 Å². The fraction of sp³-hybridized carbons (Fsp3) is 0.200. The Labute approximate surface area is 97.4 Å². The van der Waals surface area contributed by atoms with Crippen molar-refractivity contribution in [3.8, 4) is 11.1 Å². The van der Waals surface area contributed by atoms with E-state index >= 15 is 0 Å². The number of aliphatic hydroxyl groups excluding tert-OH is 1. The van der Waals surface area contributed by atoms with E-state index in [0.717, 1.165) is 5.56 Å². The lowest BCUT2D eigenvalue weighted by Gasteiger charge is -2.01. The summed E-state index contributed by atoms with van der Waals surface area (Å²) >= 11 is 0. The average molecular weight is 214 g/mol. The van der Waals surface area contributed by atoms with Crippen LogP contribution < -0.4 is 0 Å². The largest absolute Gasteiger partial charge is 0.392 e. The van der Waals surface area contributed by atoms with Crippen molar-refractivity contribution in [3.05, 3.63) is 60.2 Å². The number of aliphatic hydroxyl groups is 1. The van der Waals surface area contributed by atoms with E-state index < -0.39 is 0 Å². The molecule has 2 aromatic carbocycles. The van der Waals surface area contributed by atoms with Crippen LogP contribution in [0.3, 0.4) is 0 Å². The van der Waals surface area contributed by atoms with Gasteiger partial charge < -0.3 is 5.11 Å². The molecule has 0 fully saturated rings. The fourth-order valence-electron chi connectivity index (χ4n) is 1.43. The van der Waals surface area contributed by atoms with E-state index in [1.165, 1.54) is 11.1 Å². The van der Waals surface area contributed by atoms with Crippen LogP contribution in [0, 0.1) is 0 Å². The summed E-state index contributed by atoms with van der Waals surface area (Å²) in [6.07, 6.45) is 0. The van der Waals surface area contributed by atoms with Crippen LogP contribution in [0.1, 0.15) is 19.4 Å². The van der Waals surface area contributed by atoms with Gasteiger partial charge in [-0.2, -0.15) is 0 Å². The van der Waals surface area contributed by atoms with E-state index in [2.05, 4.69) is 12.1 Å². The van der Waals surface area contributed by atoms with Gasteiger partial charge in [-0.05, 0) is 16.7 Å². The predicted molar refractivity (Wildman–Crippen MR) is 69.1 cm³/mol. The molecule has 0 heterocycles. The van der Waals surface area contributed by atoms with Crippen molar-refractivity contribution in [1.82, 2.24) is 0 Å². The number of hydrogen-bond acceptors (Lipinski definition) is 1. The minimum atomic E-state index is 0.106. The first-order chi connectivity index (χ1) is 7.90. The van der Waals surface area contributed by atoms with Crippen molar-refractivity contribution in [2.75, 3.05) is 0 Å². The van der Waals surface area contributed by atoms with Crippen LogP contribution in [0.2, 0.25) is 0 Å². The highest BCUT2D eigenvalue weighted by molar-refractivity contribution is 5.63. The zero-order chi connectivity index (χ0) is 11.8. The number of rotatable bonds is 2. The second-order valence-electron chi connectivity index (χ2n) is 3.22. The monoisotopic (exact) mass is 214 g/mol. The molecule has 0 radical (unpaired) electrons. The molecule has 0 atom stereocenters. The molecule has 2 rings (SSSR count). The standard InChI is InChI=1S/C13H12O.C2H6/c14-10-11-6-8-13(9-7-11)12-4-2-1-3-5-12;1-2/h1-9,14H,10H2;1-2H3. The zero-order valence-electron chi connectivity index (χ0n) is 9.85. The van der Waals surface area contributed by atoms with Crippen molar-refractivity contribution in [3.63, 3.8) is 0 Å². The van der Waals surface area contributed by atoms with Crippen LogP contribution in [0.15, 0.2) is 54.6 Å². The lowest BCUT2D eigenvalue weighted by molar-refractivity contribution is 0.282. The molecule has 0 unspecified atom stereocenters. The van der Waals surface area contributed by atoms with Crippen LogP contribution >= 0.6 is 0 Å². The van der Waals surface area contributed by atoms with Gasteiger partial charge in [0.25, 0.3) is 0 Å². The summed E-state index contributed by atoms with van der Waals surface area (Å²) in [5.74, 6) is 0. The van der Waals surface area contributed by atoms with Crippen LogP contribution in [0.4, 0.5) is 0 Å².